The summed E-state index contributed by atoms with van der Waals surface area (Å²) in [6.45, 7) is 8.93. The fourth-order valence-electron chi connectivity index (χ4n) is 3.95. The standard InChI is InChI=1S/C22H41N3O2S/c1-4-6-7-8-9-10-11-20(26)25-14-12-22(13-15-25)24-19(17-28-22)21(27)23-16-18(3)5-2/h18-19,24H,4-17H2,1-3H3,(H,23,27). The summed E-state index contributed by atoms with van der Waals surface area (Å²) in [5.41, 5.74) is 0. The number of nitrogens with zero attached hydrogens (tertiary/aromatic N) is 1. The Hall–Kier alpha value is -0.750. The molecule has 2 heterocycles. The van der Waals surface area contributed by atoms with Crippen LogP contribution in [0.15, 0.2) is 0 Å². The molecule has 2 amide bonds. The van der Waals surface area contributed by atoms with Gasteiger partial charge in [0.25, 0.3) is 0 Å². The van der Waals surface area contributed by atoms with E-state index in [0.717, 1.165) is 51.1 Å². The fourth-order valence-corrected chi connectivity index (χ4v) is 5.37. The molecule has 0 saturated carbocycles. The number of thioether (sulfide) groups is 1. The summed E-state index contributed by atoms with van der Waals surface area (Å²) in [4.78, 5) is 26.9. The first kappa shape index (κ1) is 23.5. The lowest BCUT2D eigenvalue weighted by Crippen LogP contribution is -2.54. The SMILES string of the molecule is CCCCCCCCC(=O)N1CCC2(CC1)NC(C(=O)NCC(C)CC)CS2. The maximum atomic E-state index is 12.5. The lowest BCUT2D eigenvalue weighted by atomic mass is 10.0. The van der Waals surface area contributed by atoms with Gasteiger partial charge in [-0.05, 0) is 25.2 Å². The molecule has 0 aromatic rings. The zero-order valence-electron chi connectivity index (χ0n) is 18.2. The zero-order chi connectivity index (χ0) is 20.4. The lowest BCUT2D eigenvalue weighted by molar-refractivity contribution is -0.132. The van der Waals surface area contributed by atoms with Gasteiger partial charge in [0.05, 0.1) is 10.9 Å². The van der Waals surface area contributed by atoms with Crippen molar-refractivity contribution in [3.05, 3.63) is 0 Å². The van der Waals surface area contributed by atoms with Crippen molar-refractivity contribution in [3.63, 3.8) is 0 Å². The number of likely N-dealkylation sites (tertiary alicyclic amines) is 1. The molecule has 2 aliphatic heterocycles. The molecule has 0 aromatic carbocycles. The van der Waals surface area contributed by atoms with Crippen molar-refractivity contribution in [1.29, 1.82) is 0 Å². The molecule has 162 valence electrons. The predicted molar refractivity (Wildman–Crippen MR) is 118 cm³/mol. The second-order valence-corrected chi connectivity index (χ2v) is 10.1. The van der Waals surface area contributed by atoms with Gasteiger partial charge < -0.3 is 10.2 Å². The Bertz CT molecular complexity index is 492. The molecule has 2 unspecified atom stereocenters. The minimum Gasteiger partial charge on any atom is -0.354 e. The Balaban J connectivity index is 1.66. The highest BCUT2D eigenvalue weighted by molar-refractivity contribution is 8.01. The van der Waals surface area contributed by atoms with Crippen LogP contribution < -0.4 is 10.6 Å². The van der Waals surface area contributed by atoms with Crippen LogP contribution in [0, 0.1) is 5.92 Å². The van der Waals surface area contributed by atoms with Crippen LogP contribution in [0.4, 0.5) is 0 Å². The third kappa shape index (κ3) is 7.25. The van der Waals surface area contributed by atoms with Gasteiger partial charge in [-0.15, -0.1) is 11.8 Å². The smallest absolute Gasteiger partial charge is 0.238 e. The number of piperidine rings is 1. The molecule has 2 fully saturated rings. The Morgan fingerprint density at radius 1 is 1.14 bits per heavy atom. The molecule has 2 atom stereocenters. The maximum Gasteiger partial charge on any atom is 0.238 e. The number of hydrogen-bond acceptors (Lipinski definition) is 4. The Kier molecular flexibility index (Phi) is 10.1. The van der Waals surface area contributed by atoms with Crippen molar-refractivity contribution in [2.45, 2.75) is 95.9 Å². The third-order valence-corrected chi connectivity index (χ3v) is 7.85. The second kappa shape index (κ2) is 12.1. The van der Waals surface area contributed by atoms with E-state index in [1.807, 2.05) is 16.7 Å². The molecule has 6 heteroatoms. The molecule has 28 heavy (non-hydrogen) atoms. The maximum absolute atomic E-state index is 12.5. The molecule has 5 nitrogen and oxygen atoms in total. The molecule has 1 spiro atoms. The average Bonchev–Trinajstić information content (AvgIpc) is 3.12. The minimum atomic E-state index is -0.0978. The quantitative estimate of drug-likeness (QED) is 0.506. The normalized spacial score (nSPS) is 22.4. The molecule has 2 aliphatic rings. The van der Waals surface area contributed by atoms with Gasteiger partial charge >= 0.3 is 0 Å². The summed E-state index contributed by atoms with van der Waals surface area (Å²) in [6.07, 6.45) is 11.0. The lowest BCUT2D eigenvalue weighted by Gasteiger charge is -2.39. The molecule has 2 saturated heterocycles. The van der Waals surface area contributed by atoms with E-state index in [4.69, 9.17) is 0 Å². The number of nitrogens with one attached hydrogen (secondary N) is 2. The molecule has 0 bridgehead atoms. The van der Waals surface area contributed by atoms with E-state index in [9.17, 15) is 9.59 Å². The summed E-state index contributed by atoms with van der Waals surface area (Å²) in [5.74, 6) is 1.80. The Morgan fingerprint density at radius 3 is 2.50 bits per heavy atom. The molecule has 2 rings (SSSR count). The van der Waals surface area contributed by atoms with Crippen LogP contribution in [0.1, 0.15) is 85.0 Å². The van der Waals surface area contributed by atoms with E-state index in [1.165, 1.54) is 32.1 Å². The summed E-state index contributed by atoms with van der Waals surface area (Å²) in [5, 5.41) is 6.68. The Labute approximate surface area is 176 Å². The fraction of sp³-hybridized carbons (Fsp3) is 0.909. The van der Waals surface area contributed by atoms with Crippen molar-refractivity contribution in [3.8, 4) is 0 Å². The number of amides is 2. The van der Waals surface area contributed by atoms with Gasteiger partial charge in [0, 0.05) is 31.8 Å². The van der Waals surface area contributed by atoms with Crippen molar-refractivity contribution in [1.82, 2.24) is 15.5 Å². The summed E-state index contributed by atoms with van der Waals surface area (Å²) in [7, 11) is 0. The van der Waals surface area contributed by atoms with Crippen LogP contribution in [0.5, 0.6) is 0 Å². The highest BCUT2D eigenvalue weighted by Gasteiger charge is 2.44. The van der Waals surface area contributed by atoms with Gasteiger partial charge in [0.15, 0.2) is 0 Å². The highest BCUT2D eigenvalue weighted by atomic mass is 32.2. The largest absolute Gasteiger partial charge is 0.354 e. The van der Waals surface area contributed by atoms with Gasteiger partial charge in [0.2, 0.25) is 11.8 Å². The molecule has 0 radical (unpaired) electrons. The van der Waals surface area contributed by atoms with E-state index in [1.54, 1.807) is 0 Å². The van der Waals surface area contributed by atoms with Gasteiger partial charge in [-0.3, -0.25) is 14.9 Å². The van der Waals surface area contributed by atoms with Crippen LogP contribution in [-0.2, 0) is 9.59 Å². The zero-order valence-corrected chi connectivity index (χ0v) is 19.0. The highest BCUT2D eigenvalue weighted by Crippen LogP contribution is 2.39. The van der Waals surface area contributed by atoms with Gasteiger partial charge in [-0.2, -0.15) is 0 Å². The van der Waals surface area contributed by atoms with Crippen LogP contribution in [-0.4, -0.2) is 53.0 Å². The molecular weight excluding hydrogens is 370 g/mol. The predicted octanol–water partition coefficient (Wildman–Crippen LogP) is 3.92. The van der Waals surface area contributed by atoms with E-state index in [0.29, 0.717) is 18.2 Å². The Morgan fingerprint density at radius 2 is 1.82 bits per heavy atom. The van der Waals surface area contributed by atoms with Crippen LogP contribution in [0.25, 0.3) is 0 Å². The number of hydrogen-bond donors (Lipinski definition) is 2. The number of rotatable bonds is 11. The van der Waals surface area contributed by atoms with E-state index in [2.05, 4.69) is 31.4 Å². The summed E-state index contributed by atoms with van der Waals surface area (Å²) >= 11 is 1.87. The van der Waals surface area contributed by atoms with Crippen molar-refractivity contribution in [2.75, 3.05) is 25.4 Å². The topological polar surface area (TPSA) is 61.4 Å². The average molecular weight is 412 g/mol. The second-order valence-electron chi connectivity index (χ2n) is 8.66. The first-order valence-corrected chi connectivity index (χ1v) is 12.5. The molecule has 0 aromatic heterocycles. The van der Waals surface area contributed by atoms with E-state index >= 15 is 0 Å². The monoisotopic (exact) mass is 411 g/mol. The van der Waals surface area contributed by atoms with Gasteiger partial charge in [-0.25, -0.2) is 0 Å². The van der Waals surface area contributed by atoms with Crippen molar-refractivity contribution in [2.24, 2.45) is 5.92 Å². The van der Waals surface area contributed by atoms with Crippen LogP contribution in [0.2, 0.25) is 0 Å². The van der Waals surface area contributed by atoms with Gasteiger partial charge in [-0.1, -0.05) is 59.3 Å². The molecular formula is C22H41N3O2S. The molecule has 0 aliphatic carbocycles. The van der Waals surface area contributed by atoms with Crippen LogP contribution in [0.3, 0.4) is 0 Å². The van der Waals surface area contributed by atoms with E-state index in [-0.39, 0.29) is 16.8 Å². The van der Waals surface area contributed by atoms with E-state index < -0.39 is 0 Å². The molecule has 2 N–H and O–H groups in total. The number of carbonyl (C=O) groups is 2. The van der Waals surface area contributed by atoms with Crippen molar-refractivity contribution >= 4 is 23.6 Å². The van der Waals surface area contributed by atoms with Gasteiger partial charge in [0.1, 0.15) is 0 Å². The summed E-state index contributed by atoms with van der Waals surface area (Å²) in [6, 6.07) is -0.0978. The summed E-state index contributed by atoms with van der Waals surface area (Å²) < 4.78 is 0. The van der Waals surface area contributed by atoms with Crippen LogP contribution >= 0.6 is 11.8 Å². The minimum absolute atomic E-state index is 0.0185. The number of unbranched alkanes of at least 4 members (excludes halogenated alkanes) is 5. The number of carbonyl (C=O) groups excluding carboxylic acids is 2. The third-order valence-electron chi connectivity index (χ3n) is 6.27. The van der Waals surface area contributed by atoms with Crippen molar-refractivity contribution < 1.29 is 9.59 Å². The first-order valence-electron chi connectivity index (χ1n) is 11.5. The first-order chi connectivity index (χ1) is 13.5.